The fourth-order valence-electron chi connectivity index (χ4n) is 3.09. The van der Waals surface area contributed by atoms with Gasteiger partial charge in [0.25, 0.3) is 5.91 Å². The molecule has 2 N–H and O–H groups in total. The number of rotatable bonds is 10. The first-order valence-corrected chi connectivity index (χ1v) is 11.3. The maximum absolute atomic E-state index is 12.3. The van der Waals surface area contributed by atoms with Crippen molar-refractivity contribution >= 4 is 29.3 Å². The number of nitrogens with zero attached hydrogens (tertiary/aromatic N) is 3. The van der Waals surface area contributed by atoms with E-state index in [2.05, 4.69) is 27.8 Å². The second-order valence-corrected chi connectivity index (χ2v) is 7.98. The lowest BCUT2D eigenvalue weighted by Gasteiger charge is -2.09. The number of methoxy groups -OCH3 is 1. The Morgan fingerprint density at radius 2 is 1.84 bits per heavy atom. The first kappa shape index (κ1) is 23.3. The number of anilines is 1. The van der Waals surface area contributed by atoms with Crippen molar-refractivity contribution in [3.8, 4) is 5.75 Å². The van der Waals surface area contributed by atoms with Gasteiger partial charge in [0.05, 0.1) is 12.9 Å². The van der Waals surface area contributed by atoms with Crippen molar-refractivity contribution in [2.45, 2.75) is 24.9 Å². The number of amides is 2. The third-order valence-corrected chi connectivity index (χ3v) is 5.94. The molecular formula is C23H27N5O3S. The molecule has 0 fully saturated rings. The summed E-state index contributed by atoms with van der Waals surface area (Å²) < 4.78 is 6.95. The molecule has 0 radical (unpaired) electrons. The van der Waals surface area contributed by atoms with Crippen molar-refractivity contribution < 1.29 is 14.3 Å². The maximum atomic E-state index is 12.3. The van der Waals surface area contributed by atoms with Crippen LogP contribution in [0.2, 0.25) is 0 Å². The molecular weight excluding hydrogens is 426 g/mol. The molecule has 1 heterocycles. The molecule has 0 atom stereocenters. The van der Waals surface area contributed by atoms with Crippen LogP contribution >= 0.6 is 11.8 Å². The lowest BCUT2D eigenvalue weighted by molar-refractivity contribution is -0.113. The highest BCUT2D eigenvalue weighted by Crippen LogP contribution is 2.19. The lowest BCUT2D eigenvalue weighted by atomic mass is 10.1. The van der Waals surface area contributed by atoms with Crippen molar-refractivity contribution in [3.63, 3.8) is 0 Å². The van der Waals surface area contributed by atoms with Gasteiger partial charge < -0.3 is 19.9 Å². The molecule has 9 heteroatoms. The van der Waals surface area contributed by atoms with Crippen molar-refractivity contribution in [3.05, 3.63) is 65.5 Å². The van der Waals surface area contributed by atoms with Crippen LogP contribution < -0.4 is 15.4 Å². The van der Waals surface area contributed by atoms with Crippen LogP contribution in [0.1, 0.15) is 28.7 Å². The Kier molecular flexibility index (Phi) is 8.27. The van der Waals surface area contributed by atoms with E-state index < -0.39 is 0 Å². The molecule has 3 rings (SSSR count). The minimum absolute atomic E-state index is 0.0906. The van der Waals surface area contributed by atoms with Crippen LogP contribution in [0, 0.1) is 0 Å². The molecule has 0 saturated carbocycles. The van der Waals surface area contributed by atoms with Crippen LogP contribution in [0.3, 0.4) is 0 Å². The summed E-state index contributed by atoms with van der Waals surface area (Å²) in [4.78, 5) is 24.6. The van der Waals surface area contributed by atoms with E-state index in [-0.39, 0.29) is 17.6 Å². The summed E-state index contributed by atoms with van der Waals surface area (Å²) in [6.07, 6.45) is 1.38. The molecule has 0 bridgehead atoms. The molecule has 168 valence electrons. The van der Waals surface area contributed by atoms with E-state index in [1.807, 2.05) is 35.9 Å². The van der Waals surface area contributed by atoms with Gasteiger partial charge in [-0.25, -0.2) is 0 Å². The number of thioether (sulfide) groups is 1. The SMILES string of the molecule is CCc1ccccc1NC(=O)CSc1nnc(CCNC(=O)c2ccc(OC)cc2)n1C. The number of hydrogen-bond acceptors (Lipinski definition) is 6. The third-order valence-electron chi connectivity index (χ3n) is 4.92. The first-order chi connectivity index (χ1) is 15.5. The van der Waals surface area contributed by atoms with E-state index in [0.717, 1.165) is 23.5 Å². The number of para-hydroxylation sites is 1. The monoisotopic (exact) mass is 453 g/mol. The molecule has 0 saturated heterocycles. The van der Waals surface area contributed by atoms with E-state index in [9.17, 15) is 9.59 Å². The Hall–Kier alpha value is -3.33. The zero-order valence-corrected chi connectivity index (χ0v) is 19.2. The van der Waals surface area contributed by atoms with Crippen molar-refractivity contribution in [2.24, 2.45) is 7.05 Å². The van der Waals surface area contributed by atoms with Crippen LogP contribution in [-0.2, 0) is 24.7 Å². The fourth-order valence-corrected chi connectivity index (χ4v) is 3.82. The summed E-state index contributed by atoms with van der Waals surface area (Å²) >= 11 is 1.33. The molecule has 1 aromatic heterocycles. The van der Waals surface area contributed by atoms with Crippen molar-refractivity contribution in [1.29, 1.82) is 0 Å². The quantitative estimate of drug-likeness (QED) is 0.458. The van der Waals surface area contributed by atoms with Gasteiger partial charge in [0.15, 0.2) is 5.16 Å². The number of aromatic nitrogens is 3. The number of benzene rings is 2. The van der Waals surface area contributed by atoms with Crippen molar-refractivity contribution in [2.75, 3.05) is 24.7 Å². The van der Waals surface area contributed by atoms with Crippen LogP contribution in [0.4, 0.5) is 5.69 Å². The van der Waals surface area contributed by atoms with Gasteiger partial charge in [-0.05, 0) is 42.3 Å². The average Bonchev–Trinajstić information content (AvgIpc) is 3.17. The lowest BCUT2D eigenvalue weighted by Crippen LogP contribution is -2.26. The molecule has 0 spiro atoms. The van der Waals surface area contributed by atoms with Crippen molar-refractivity contribution in [1.82, 2.24) is 20.1 Å². The molecule has 0 aliphatic heterocycles. The summed E-state index contributed by atoms with van der Waals surface area (Å²) in [7, 11) is 3.44. The van der Waals surface area contributed by atoms with Gasteiger partial charge in [-0.15, -0.1) is 10.2 Å². The molecule has 0 aliphatic rings. The van der Waals surface area contributed by atoms with Crippen LogP contribution in [-0.4, -0.2) is 46.0 Å². The van der Waals surface area contributed by atoms with Crippen LogP contribution in [0.15, 0.2) is 53.7 Å². The summed E-state index contributed by atoms with van der Waals surface area (Å²) in [5.74, 6) is 1.42. The molecule has 32 heavy (non-hydrogen) atoms. The maximum Gasteiger partial charge on any atom is 0.251 e. The molecule has 3 aromatic rings. The Balaban J connectivity index is 1.47. The zero-order valence-electron chi connectivity index (χ0n) is 18.4. The molecule has 2 amide bonds. The van der Waals surface area contributed by atoms with Gasteiger partial charge in [0.1, 0.15) is 11.6 Å². The van der Waals surface area contributed by atoms with E-state index in [1.165, 1.54) is 11.8 Å². The first-order valence-electron chi connectivity index (χ1n) is 10.3. The number of aryl methyl sites for hydroxylation is 1. The summed E-state index contributed by atoms with van der Waals surface area (Å²) in [6.45, 7) is 2.48. The summed E-state index contributed by atoms with van der Waals surface area (Å²) in [5.41, 5.74) is 2.51. The summed E-state index contributed by atoms with van der Waals surface area (Å²) in [6, 6.07) is 14.7. The standard InChI is InChI=1S/C23H27N5O3S/c1-4-16-7-5-6-8-19(16)25-21(29)15-32-23-27-26-20(28(23)2)13-14-24-22(30)17-9-11-18(31-3)12-10-17/h5-12H,4,13-15H2,1-3H3,(H,24,30)(H,25,29). The Morgan fingerprint density at radius 1 is 1.09 bits per heavy atom. The van der Waals surface area contributed by atoms with E-state index >= 15 is 0 Å². The number of carbonyl (C=O) groups excluding carboxylic acids is 2. The van der Waals surface area contributed by atoms with Crippen LogP contribution in [0.5, 0.6) is 5.75 Å². The second kappa shape index (κ2) is 11.3. The largest absolute Gasteiger partial charge is 0.497 e. The molecule has 0 aliphatic carbocycles. The second-order valence-electron chi connectivity index (χ2n) is 7.04. The minimum atomic E-state index is -0.159. The predicted octanol–water partition coefficient (Wildman–Crippen LogP) is 3.09. The number of nitrogens with one attached hydrogen (secondary N) is 2. The van der Waals surface area contributed by atoms with E-state index in [0.29, 0.717) is 29.4 Å². The number of carbonyl (C=O) groups is 2. The minimum Gasteiger partial charge on any atom is -0.497 e. The van der Waals surface area contributed by atoms with Gasteiger partial charge in [-0.1, -0.05) is 36.9 Å². The highest BCUT2D eigenvalue weighted by molar-refractivity contribution is 7.99. The van der Waals surface area contributed by atoms with Gasteiger partial charge in [0.2, 0.25) is 5.91 Å². The fraction of sp³-hybridized carbons (Fsp3) is 0.304. The Morgan fingerprint density at radius 3 is 2.56 bits per heavy atom. The van der Waals surface area contributed by atoms with E-state index in [1.54, 1.807) is 31.4 Å². The van der Waals surface area contributed by atoms with Gasteiger partial charge in [-0.3, -0.25) is 9.59 Å². The smallest absolute Gasteiger partial charge is 0.251 e. The highest BCUT2D eigenvalue weighted by Gasteiger charge is 2.13. The number of hydrogen-bond donors (Lipinski definition) is 2. The third kappa shape index (κ3) is 6.10. The van der Waals surface area contributed by atoms with Gasteiger partial charge >= 0.3 is 0 Å². The normalized spacial score (nSPS) is 10.6. The Bertz CT molecular complexity index is 1070. The average molecular weight is 454 g/mol. The highest BCUT2D eigenvalue weighted by atomic mass is 32.2. The van der Waals surface area contributed by atoms with Crippen LogP contribution in [0.25, 0.3) is 0 Å². The molecule has 2 aromatic carbocycles. The topological polar surface area (TPSA) is 98.1 Å². The zero-order chi connectivity index (χ0) is 22.9. The Labute approximate surface area is 191 Å². The van der Waals surface area contributed by atoms with Gasteiger partial charge in [-0.2, -0.15) is 0 Å². The molecule has 0 unspecified atom stereocenters. The van der Waals surface area contributed by atoms with E-state index in [4.69, 9.17) is 4.74 Å². The molecule has 8 nitrogen and oxygen atoms in total. The predicted molar refractivity (Wildman–Crippen MR) is 125 cm³/mol. The van der Waals surface area contributed by atoms with Gasteiger partial charge in [0, 0.05) is 31.3 Å². The summed E-state index contributed by atoms with van der Waals surface area (Å²) in [5, 5.41) is 14.8. The number of ether oxygens (including phenoxy) is 1.